The van der Waals surface area contributed by atoms with Gasteiger partial charge in [-0.2, -0.15) is 4.31 Å². The van der Waals surface area contributed by atoms with E-state index < -0.39 is 21.8 Å². The first-order valence-corrected chi connectivity index (χ1v) is 11.2. The molecule has 2 aliphatic rings. The van der Waals surface area contributed by atoms with Crippen LogP contribution in [0.2, 0.25) is 0 Å². The van der Waals surface area contributed by atoms with Crippen molar-refractivity contribution in [2.24, 2.45) is 11.8 Å². The lowest BCUT2D eigenvalue weighted by atomic mass is 9.96. The number of carbonyl (C=O) groups excluding carboxylic acids is 3. The first-order chi connectivity index (χ1) is 13.5. The second kappa shape index (κ2) is 7.87. The van der Waals surface area contributed by atoms with Crippen LogP contribution in [0.4, 0.5) is 0 Å². The van der Waals surface area contributed by atoms with Crippen molar-refractivity contribution in [2.45, 2.75) is 44.6 Å². The van der Waals surface area contributed by atoms with Crippen molar-refractivity contribution in [1.82, 2.24) is 14.5 Å². The molecule has 0 saturated carbocycles. The van der Waals surface area contributed by atoms with E-state index in [-0.39, 0.29) is 47.0 Å². The number of hydrogen-bond donors (Lipinski definition) is 1. The first kappa shape index (κ1) is 21.4. The molecule has 2 aliphatic heterocycles. The zero-order valence-electron chi connectivity index (χ0n) is 17.1. The molecule has 0 radical (unpaired) electrons. The molecule has 2 heterocycles. The number of benzene rings is 1. The quantitative estimate of drug-likeness (QED) is 0.725. The summed E-state index contributed by atoms with van der Waals surface area (Å²) in [4.78, 5) is 37.5. The van der Waals surface area contributed by atoms with E-state index in [4.69, 9.17) is 0 Å². The number of amides is 3. The van der Waals surface area contributed by atoms with Gasteiger partial charge in [0, 0.05) is 32.1 Å². The third-order valence-electron chi connectivity index (χ3n) is 5.89. The van der Waals surface area contributed by atoms with Gasteiger partial charge in [-0.15, -0.1) is 0 Å². The molecule has 1 saturated heterocycles. The minimum atomic E-state index is -3.81. The second-order valence-corrected chi connectivity index (χ2v) is 10.0. The molecule has 1 atom stereocenters. The molecule has 3 amide bonds. The van der Waals surface area contributed by atoms with E-state index >= 15 is 0 Å². The van der Waals surface area contributed by atoms with Crippen LogP contribution in [0.1, 0.15) is 54.3 Å². The molecular formula is C20H27N3O5S. The van der Waals surface area contributed by atoms with Gasteiger partial charge in [-0.25, -0.2) is 8.42 Å². The van der Waals surface area contributed by atoms with Crippen LogP contribution < -0.4 is 5.32 Å². The Bertz CT molecular complexity index is 949. The summed E-state index contributed by atoms with van der Waals surface area (Å²) in [7, 11) is -2.44. The number of piperidine rings is 1. The van der Waals surface area contributed by atoms with Crippen LogP contribution in [0, 0.1) is 11.8 Å². The van der Waals surface area contributed by atoms with Crippen molar-refractivity contribution >= 4 is 27.7 Å². The largest absolute Gasteiger partial charge is 0.353 e. The molecule has 1 fully saturated rings. The Labute approximate surface area is 171 Å². The van der Waals surface area contributed by atoms with Gasteiger partial charge in [-0.05, 0) is 43.9 Å². The molecule has 0 aliphatic carbocycles. The van der Waals surface area contributed by atoms with Crippen LogP contribution in [0.25, 0.3) is 0 Å². The Kier molecular flexibility index (Phi) is 5.82. The van der Waals surface area contributed by atoms with Gasteiger partial charge in [0.1, 0.15) is 0 Å². The molecule has 1 aromatic rings. The summed E-state index contributed by atoms with van der Waals surface area (Å²) < 4.78 is 27.4. The lowest BCUT2D eigenvalue weighted by Crippen LogP contribution is -2.45. The molecule has 1 aromatic carbocycles. The summed E-state index contributed by atoms with van der Waals surface area (Å²) in [5, 5.41) is 2.99. The summed E-state index contributed by atoms with van der Waals surface area (Å²) in [5.74, 6) is -0.857. The van der Waals surface area contributed by atoms with Crippen molar-refractivity contribution in [3.63, 3.8) is 0 Å². The molecule has 9 heteroatoms. The van der Waals surface area contributed by atoms with Crippen molar-refractivity contribution < 1.29 is 22.8 Å². The summed E-state index contributed by atoms with van der Waals surface area (Å²) in [6.07, 6.45) is 0.891. The molecule has 0 bridgehead atoms. The molecule has 8 nitrogen and oxygen atoms in total. The predicted octanol–water partition coefficient (Wildman–Crippen LogP) is 1.47. The van der Waals surface area contributed by atoms with Crippen molar-refractivity contribution in [2.75, 3.05) is 20.1 Å². The third kappa shape index (κ3) is 3.93. The summed E-state index contributed by atoms with van der Waals surface area (Å²) in [6.45, 7) is 6.50. The topological polar surface area (TPSA) is 104 Å². The predicted molar refractivity (Wildman–Crippen MR) is 107 cm³/mol. The Balaban J connectivity index is 1.71. The van der Waals surface area contributed by atoms with Crippen LogP contribution >= 0.6 is 0 Å². The van der Waals surface area contributed by atoms with Gasteiger partial charge in [0.15, 0.2) is 0 Å². The third-order valence-corrected chi connectivity index (χ3v) is 7.79. The van der Waals surface area contributed by atoms with Gasteiger partial charge in [0.05, 0.1) is 16.0 Å². The molecule has 3 rings (SSSR count). The van der Waals surface area contributed by atoms with Crippen molar-refractivity contribution in [3.05, 3.63) is 29.3 Å². The van der Waals surface area contributed by atoms with Crippen molar-refractivity contribution in [3.8, 4) is 0 Å². The number of sulfonamides is 1. The fraction of sp³-hybridized carbons (Fsp3) is 0.550. The molecule has 0 aromatic heterocycles. The fourth-order valence-electron chi connectivity index (χ4n) is 3.52. The van der Waals surface area contributed by atoms with Crippen LogP contribution in [0.5, 0.6) is 0 Å². The fourth-order valence-corrected chi connectivity index (χ4v) is 5.01. The van der Waals surface area contributed by atoms with Crippen LogP contribution in [-0.2, 0) is 14.8 Å². The highest BCUT2D eigenvalue weighted by Gasteiger charge is 2.36. The SMILES string of the molecule is CC(C)C(C)NC(=O)C1CCN(S(=O)(=O)c2ccc3c(c2)C(=O)N(C)C3=O)CC1. The molecule has 29 heavy (non-hydrogen) atoms. The maximum absolute atomic E-state index is 13.0. The van der Waals surface area contributed by atoms with Gasteiger partial charge in [0.2, 0.25) is 15.9 Å². The number of hydrogen-bond acceptors (Lipinski definition) is 5. The lowest BCUT2D eigenvalue weighted by Gasteiger charge is -2.31. The Morgan fingerprint density at radius 2 is 1.66 bits per heavy atom. The average Bonchev–Trinajstić information content (AvgIpc) is 2.91. The number of fused-ring (bicyclic) bond motifs is 1. The second-order valence-electron chi connectivity index (χ2n) is 8.10. The molecule has 158 valence electrons. The monoisotopic (exact) mass is 421 g/mol. The van der Waals surface area contributed by atoms with Gasteiger partial charge in [-0.3, -0.25) is 19.3 Å². The Hall–Kier alpha value is -2.26. The van der Waals surface area contributed by atoms with E-state index in [0.29, 0.717) is 18.8 Å². The number of nitrogens with zero attached hydrogens (tertiary/aromatic N) is 2. The highest BCUT2D eigenvalue weighted by atomic mass is 32.2. The van der Waals surface area contributed by atoms with Gasteiger partial charge in [-0.1, -0.05) is 13.8 Å². The summed E-state index contributed by atoms with van der Waals surface area (Å²) >= 11 is 0. The smallest absolute Gasteiger partial charge is 0.261 e. The van der Waals surface area contributed by atoms with Gasteiger partial charge in [0.25, 0.3) is 11.8 Å². The van der Waals surface area contributed by atoms with Gasteiger partial charge >= 0.3 is 0 Å². The number of rotatable bonds is 5. The van der Waals surface area contributed by atoms with Gasteiger partial charge < -0.3 is 5.32 Å². The maximum atomic E-state index is 13.0. The highest BCUT2D eigenvalue weighted by molar-refractivity contribution is 7.89. The summed E-state index contributed by atoms with van der Waals surface area (Å²) in [6, 6.07) is 4.09. The normalized spacial score (nSPS) is 19.6. The standard InChI is InChI=1S/C20H27N3O5S/c1-12(2)13(3)21-18(24)14-7-9-23(10-8-14)29(27,28)15-5-6-16-17(11-15)20(26)22(4)19(16)25/h5-6,11-14H,7-10H2,1-4H3,(H,21,24). The maximum Gasteiger partial charge on any atom is 0.261 e. The highest BCUT2D eigenvalue weighted by Crippen LogP contribution is 2.28. The minimum Gasteiger partial charge on any atom is -0.353 e. The zero-order valence-corrected chi connectivity index (χ0v) is 18.0. The van der Waals surface area contributed by atoms with Crippen molar-refractivity contribution in [1.29, 1.82) is 0 Å². The Morgan fingerprint density at radius 3 is 2.24 bits per heavy atom. The van der Waals surface area contributed by atoms with E-state index in [1.165, 1.54) is 29.6 Å². The molecule has 1 N–H and O–H groups in total. The van der Waals surface area contributed by atoms with Crippen LogP contribution in [-0.4, -0.2) is 61.5 Å². The van der Waals surface area contributed by atoms with E-state index in [1.54, 1.807) is 0 Å². The lowest BCUT2D eigenvalue weighted by molar-refractivity contribution is -0.127. The van der Waals surface area contributed by atoms with E-state index in [1.807, 2.05) is 20.8 Å². The van der Waals surface area contributed by atoms with E-state index in [0.717, 1.165) is 4.90 Å². The minimum absolute atomic E-state index is 0.0102. The van der Waals surface area contributed by atoms with E-state index in [9.17, 15) is 22.8 Å². The summed E-state index contributed by atoms with van der Waals surface area (Å²) in [5.41, 5.74) is 0.321. The average molecular weight is 422 g/mol. The number of nitrogens with one attached hydrogen (secondary N) is 1. The molecular weight excluding hydrogens is 394 g/mol. The zero-order chi connectivity index (χ0) is 21.5. The first-order valence-electron chi connectivity index (χ1n) is 9.81. The number of imide groups is 1. The molecule has 1 unspecified atom stereocenters. The van der Waals surface area contributed by atoms with E-state index in [2.05, 4.69) is 5.32 Å². The number of carbonyl (C=O) groups is 3. The Morgan fingerprint density at radius 1 is 1.07 bits per heavy atom. The van der Waals surface area contributed by atoms with Crippen LogP contribution in [0.3, 0.4) is 0 Å². The molecule has 0 spiro atoms. The van der Waals surface area contributed by atoms with Crippen LogP contribution in [0.15, 0.2) is 23.1 Å².